The molecule has 0 aliphatic rings. The van der Waals surface area contributed by atoms with E-state index in [1.54, 1.807) is 30.1 Å². The Hall–Kier alpha value is -2.40. The van der Waals surface area contributed by atoms with Gasteiger partial charge in [-0.1, -0.05) is 23.8 Å². The summed E-state index contributed by atoms with van der Waals surface area (Å²) in [6.45, 7) is 6.08. The minimum Gasteiger partial charge on any atom is -0.436 e. The van der Waals surface area contributed by atoms with E-state index in [4.69, 9.17) is 4.42 Å². The number of amides is 1. The lowest BCUT2D eigenvalue weighted by Crippen LogP contribution is -2.30. The van der Waals surface area contributed by atoms with Gasteiger partial charge in [0.2, 0.25) is 5.76 Å². The number of carbonyl (C=O) groups is 1. The van der Waals surface area contributed by atoms with Crippen LogP contribution in [-0.4, -0.2) is 10.9 Å². The SMILES string of the molecule is Cc1ccc(N(Cc2cccs2)C(=O)c2oc(C)nc2C)cc1. The van der Waals surface area contributed by atoms with Crippen molar-refractivity contribution in [1.29, 1.82) is 0 Å². The van der Waals surface area contributed by atoms with E-state index < -0.39 is 0 Å². The van der Waals surface area contributed by atoms with Crippen molar-refractivity contribution in [3.63, 3.8) is 0 Å². The molecule has 2 heterocycles. The highest BCUT2D eigenvalue weighted by atomic mass is 32.1. The standard InChI is InChI=1S/C18H18N2O2S/c1-12-6-8-15(9-7-12)20(11-16-5-4-10-23-16)18(21)17-13(2)19-14(3)22-17/h4-10H,11H2,1-3H3. The van der Waals surface area contributed by atoms with Crippen LogP contribution in [0.5, 0.6) is 0 Å². The van der Waals surface area contributed by atoms with E-state index in [9.17, 15) is 4.79 Å². The number of hydrogen-bond acceptors (Lipinski definition) is 4. The highest BCUT2D eigenvalue weighted by Gasteiger charge is 2.24. The number of carbonyl (C=O) groups excluding carboxylic acids is 1. The van der Waals surface area contributed by atoms with Crippen LogP contribution >= 0.6 is 11.3 Å². The highest BCUT2D eigenvalue weighted by molar-refractivity contribution is 7.09. The van der Waals surface area contributed by atoms with Crippen LogP contribution in [0.3, 0.4) is 0 Å². The molecule has 2 aromatic heterocycles. The van der Waals surface area contributed by atoms with Gasteiger partial charge in [0.15, 0.2) is 5.89 Å². The molecule has 0 atom stereocenters. The maximum absolute atomic E-state index is 13.0. The average Bonchev–Trinajstić information content (AvgIpc) is 3.14. The van der Waals surface area contributed by atoms with Gasteiger partial charge in [-0.15, -0.1) is 11.3 Å². The van der Waals surface area contributed by atoms with Crippen LogP contribution in [-0.2, 0) is 6.54 Å². The molecule has 4 nitrogen and oxygen atoms in total. The second kappa shape index (κ2) is 6.38. The van der Waals surface area contributed by atoms with E-state index in [1.807, 2.05) is 48.7 Å². The Morgan fingerprint density at radius 2 is 1.91 bits per heavy atom. The van der Waals surface area contributed by atoms with Crippen molar-refractivity contribution in [3.05, 3.63) is 69.6 Å². The summed E-state index contributed by atoms with van der Waals surface area (Å²) in [6.07, 6.45) is 0. The molecule has 3 aromatic rings. The maximum Gasteiger partial charge on any atom is 0.296 e. The summed E-state index contributed by atoms with van der Waals surface area (Å²) in [4.78, 5) is 20.0. The van der Waals surface area contributed by atoms with Crippen molar-refractivity contribution in [1.82, 2.24) is 4.98 Å². The summed E-state index contributed by atoms with van der Waals surface area (Å²) in [5.74, 6) is 0.644. The van der Waals surface area contributed by atoms with E-state index in [2.05, 4.69) is 4.98 Å². The van der Waals surface area contributed by atoms with Crippen molar-refractivity contribution >= 4 is 22.9 Å². The Morgan fingerprint density at radius 3 is 2.48 bits per heavy atom. The monoisotopic (exact) mass is 326 g/mol. The highest BCUT2D eigenvalue weighted by Crippen LogP contribution is 2.24. The second-order valence-corrected chi connectivity index (χ2v) is 6.49. The maximum atomic E-state index is 13.0. The van der Waals surface area contributed by atoms with Gasteiger partial charge in [0, 0.05) is 17.5 Å². The fourth-order valence-electron chi connectivity index (χ4n) is 2.42. The molecule has 0 radical (unpaired) electrons. The first kappa shape index (κ1) is 15.5. The smallest absolute Gasteiger partial charge is 0.296 e. The van der Waals surface area contributed by atoms with Crippen LogP contribution in [0.2, 0.25) is 0 Å². The number of aryl methyl sites for hydroxylation is 3. The first-order chi connectivity index (χ1) is 11.0. The quantitative estimate of drug-likeness (QED) is 0.709. The summed E-state index contributed by atoms with van der Waals surface area (Å²) in [5.41, 5.74) is 2.63. The predicted molar refractivity (Wildman–Crippen MR) is 92.0 cm³/mol. The summed E-state index contributed by atoms with van der Waals surface area (Å²) in [5, 5.41) is 2.01. The van der Waals surface area contributed by atoms with Gasteiger partial charge in [-0.25, -0.2) is 4.98 Å². The predicted octanol–water partition coefficient (Wildman–Crippen LogP) is 4.51. The molecule has 1 amide bonds. The van der Waals surface area contributed by atoms with E-state index >= 15 is 0 Å². The molecule has 0 saturated heterocycles. The Balaban J connectivity index is 1.98. The number of anilines is 1. The van der Waals surface area contributed by atoms with Crippen LogP contribution in [0.25, 0.3) is 0 Å². The summed E-state index contributed by atoms with van der Waals surface area (Å²) in [7, 11) is 0. The zero-order valence-electron chi connectivity index (χ0n) is 13.4. The van der Waals surface area contributed by atoms with Crippen molar-refractivity contribution in [3.8, 4) is 0 Å². The van der Waals surface area contributed by atoms with E-state index in [0.717, 1.165) is 16.1 Å². The third kappa shape index (κ3) is 3.35. The molecule has 0 N–H and O–H groups in total. The molecule has 1 aromatic carbocycles. The van der Waals surface area contributed by atoms with Crippen LogP contribution < -0.4 is 4.90 Å². The first-order valence-electron chi connectivity index (χ1n) is 7.39. The number of nitrogens with zero attached hydrogens (tertiary/aromatic N) is 2. The van der Waals surface area contributed by atoms with E-state index in [1.165, 1.54) is 0 Å². The zero-order chi connectivity index (χ0) is 16.4. The lowest BCUT2D eigenvalue weighted by atomic mass is 10.2. The number of aromatic nitrogens is 1. The minimum absolute atomic E-state index is 0.166. The van der Waals surface area contributed by atoms with Gasteiger partial charge in [0.1, 0.15) is 0 Å². The largest absolute Gasteiger partial charge is 0.436 e. The fraction of sp³-hybridized carbons (Fsp3) is 0.222. The van der Waals surface area contributed by atoms with Gasteiger partial charge in [0.05, 0.1) is 12.2 Å². The van der Waals surface area contributed by atoms with Gasteiger partial charge in [-0.3, -0.25) is 4.79 Å². The molecule has 0 unspecified atom stereocenters. The normalized spacial score (nSPS) is 10.7. The van der Waals surface area contributed by atoms with Crippen molar-refractivity contribution in [2.75, 3.05) is 4.90 Å². The molecule has 0 fully saturated rings. The zero-order valence-corrected chi connectivity index (χ0v) is 14.2. The van der Waals surface area contributed by atoms with Gasteiger partial charge in [-0.2, -0.15) is 0 Å². The topological polar surface area (TPSA) is 46.3 Å². The molecule has 0 saturated carbocycles. The van der Waals surface area contributed by atoms with Crippen molar-refractivity contribution in [2.45, 2.75) is 27.3 Å². The molecular weight excluding hydrogens is 308 g/mol. The number of thiophene rings is 1. The van der Waals surface area contributed by atoms with Crippen molar-refractivity contribution in [2.24, 2.45) is 0 Å². The Bertz CT molecular complexity index is 804. The van der Waals surface area contributed by atoms with Gasteiger partial charge >= 0.3 is 0 Å². The number of benzene rings is 1. The average molecular weight is 326 g/mol. The molecule has 0 bridgehead atoms. The lowest BCUT2D eigenvalue weighted by Gasteiger charge is -2.21. The molecule has 118 valence electrons. The number of hydrogen-bond donors (Lipinski definition) is 0. The van der Waals surface area contributed by atoms with Crippen molar-refractivity contribution < 1.29 is 9.21 Å². The molecule has 3 rings (SSSR count). The van der Waals surface area contributed by atoms with Crippen LogP contribution in [0.1, 0.15) is 32.6 Å². The summed E-state index contributed by atoms with van der Waals surface area (Å²) in [6, 6.07) is 11.9. The Labute approximate surface area is 139 Å². The second-order valence-electron chi connectivity index (χ2n) is 5.45. The molecular formula is C18H18N2O2S. The molecule has 0 spiro atoms. The molecule has 0 aliphatic carbocycles. The summed E-state index contributed by atoms with van der Waals surface area (Å²) < 4.78 is 5.52. The number of oxazole rings is 1. The summed E-state index contributed by atoms with van der Waals surface area (Å²) >= 11 is 1.63. The molecule has 23 heavy (non-hydrogen) atoms. The number of rotatable bonds is 4. The fourth-order valence-corrected chi connectivity index (χ4v) is 3.11. The first-order valence-corrected chi connectivity index (χ1v) is 8.27. The Morgan fingerprint density at radius 1 is 1.17 bits per heavy atom. The van der Waals surface area contributed by atoms with Crippen LogP contribution in [0.4, 0.5) is 5.69 Å². The van der Waals surface area contributed by atoms with Crippen LogP contribution in [0, 0.1) is 20.8 Å². The minimum atomic E-state index is -0.166. The van der Waals surface area contributed by atoms with E-state index in [0.29, 0.717) is 23.9 Å². The third-order valence-corrected chi connectivity index (χ3v) is 4.44. The van der Waals surface area contributed by atoms with Gasteiger partial charge in [0.25, 0.3) is 5.91 Å². The lowest BCUT2D eigenvalue weighted by molar-refractivity contribution is 0.0956. The molecule has 5 heteroatoms. The van der Waals surface area contributed by atoms with E-state index in [-0.39, 0.29) is 5.91 Å². The Kier molecular flexibility index (Phi) is 4.30. The van der Waals surface area contributed by atoms with Gasteiger partial charge < -0.3 is 9.32 Å². The van der Waals surface area contributed by atoms with Gasteiger partial charge in [-0.05, 0) is 37.4 Å². The van der Waals surface area contributed by atoms with Crippen LogP contribution in [0.15, 0.2) is 46.2 Å². The third-order valence-electron chi connectivity index (χ3n) is 3.58. The molecule has 0 aliphatic heterocycles.